The summed E-state index contributed by atoms with van der Waals surface area (Å²) < 4.78 is 0. The van der Waals surface area contributed by atoms with Crippen molar-refractivity contribution in [1.29, 1.82) is 0 Å². The first-order valence-electron chi connectivity index (χ1n) is 7.23. The van der Waals surface area contributed by atoms with E-state index < -0.39 is 6.03 Å². The number of fused-ring (bicyclic) bond motifs is 1. The Morgan fingerprint density at radius 3 is 2.82 bits per heavy atom. The number of benzene rings is 1. The van der Waals surface area contributed by atoms with Crippen LogP contribution in [0.25, 0.3) is 5.57 Å². The van der Waals surface area contributed by atoms with E-state index in [4.69, 9.17) is 5.73 Å². The second kappa shape index (κ2) is 6.34. The van der Waals surface area contributed by atoms with Gasteiger partial charge in [0.1, 0.15) is 0 Å². The van der Waals surface area contributed by atoms with Crippen LogP contribution in [0.2, 0.25) is 0 Å². The van der Waals surface area contributed by atoms with Gasteiger partial charge in [0.2, 0.25) is 0 Å². The van der Waals surface area contributed by atoms with E-state index in [1.807, 2.05) is 6.07 Å². The first-order valence-corrected chi connectivity index (χ1v) is 8.11. The lowest BCUT2D eigenvalue weighted by molar-refractivity contribution is -0.0372. The highest BCUT2D eigenvalue weighted by molar-refractivity contribution is 7.09. The van der Waals surface area contributed by atoms with Crippen molar-refractivity contribution < 1.29 is 10.0 Å². The van der Waals surface area contributed by atoms with Gasteiger partial charge >= 0.3 is 6.03 Å². The quantitative estimate of drug-likeness (QED) is 0.653. The fourth-order valence-electron chi connectivity index (χ4n) is 2.90. The molecule has 0 spiro atoms. The average Bonchev–Trinajstić information content (AvgIpc) is 3.14. The van der Waals surface area contributed by atoms with Crippen LogP contribution in [0, 0.1) is 0 Å². The molecule has 3 N–H and O–H groups in total. The van der Waals surface area contributed by atoms with Gasteiger partial charge in [-0.25, -0.2) is 9.86 Å². The number of rotatable bonds is 5. The molecule has 1 aliphatic carbocycles. The molecule has 1 unspecified atom stereocenters. The highest BCUT2D eigenvalue weighted by Gasteiger charge is 2.23. The molecule has 0 saturated heterocycles. The SMILES string of the molecule is NC(=O)N(O)CCC1=CC(Cc2cccs2)c2ccccc21. The number of hydrogen-bond acceptors (Lipinski definition) is 3. The van der Waals surface area contributed by atoms with Gasteiger partial charge in [-0.1, -0.05) is 36.4 Å². The van der Waals surface area contributed by atoms with Gasteiger partial charge in [-0.15, -0.1) is 11.3 Å². The van der Waals surface area contributed by atoms with Crippen LogP contribution in [0.15, 0.2) is 47.9 Å². The van der Waals surface area contributed by atoms with Crippen molar-refractivity contribution in [2.24, 2.45) is 5.73 Å². The second-order valence-corrected chi connectivity index (χ2v) is 6.41. The molecule has 2 amide bonds. The summed E-state index contributed by atoms with van der Waals surface area (Å²) in [6.45, 7) is 0.210. The van der Waals surface area contributed by atoms with Crippen molar-refractivity contribution >= 4 is 22.9 Å². The molecule has 1 aromatic heterocycles. The van der Waals surface area contributed by atoms with Crippen molar-refractivity contribution in [1.82, 2.24) is 5.06 Å². The number of amides is 2. The fraction of sp³-hybridized carbons (Fsp3) is 0.235. The molecule has 0 fully saturated rings. The van der Waals surface area contributed by atoms with E-state index >= 15 is 0 Å². The lowest BCUT2D eigenvalue weighted by Gasteiger charge is -2.12. The Balaban J connectivity index is 1.79. The Hall–Kier alpha value is -2.11. The molecule has 114 valence electrons. The highest BCUT2D eigenvalue weighted by atomic mass is 32.1. The molecule has 0 radical (unpaired) electrons. The third kappa shape index (κ3) is 3.05. The zero-order valence-corrected chi connectivity index (χ0v) is 12.9. The predicted octanol–water partition coefficient (Wildman–Crippen LogP) is 3.63. The number of carbonyl (C=O) groups is 1. The first-order chi connectivity index (χ1) is 10.6. The standard InChI is InChI=1S/C17H18N2O2S/c18-17(20)19(21)8-7-12-10-13(11-14-4-3-9-22-14)16-6-2-1-5-15(12)16/h1-6,9-10,13,21H,7-8,11H2,(H2,18,20). The highest BCUT2D eigenvalue weighted by Crippen LogP contribution is 2.39. The van der Waals surface area contributed by atoms with Crippen LogP contribution in [-0.2, 0) is 6.42 Å². The summed E-state index contributed by atoms with van der Waals surface area (Å²) in [7, 11) is 0. The fourth-order valence-corrected chi connectivity index (χ4v) is 3.67. The second-order valence-electron chi connectivity index (χ2n) is 5.38. The summed E-state index contributed by atoms with van der Waals surface area (Å²) in [5, 5.41) is 12.1. The van der Waals surface area contributed by atoms with Crippen molar-refractivity contribution in [3.8, 4) is 0 Å². The third-order valence-electron chi connectivity index (χ3n) is 3.96. The first kappa shape index (κ1) is 14.8. The summed E-state index contributed by atoms with van der Waals surface area (Å²) in [6.07, 6.45) is 3.83. The van der Waals surface area contributed by atoms with Gasteiger partial charge in [-0.3, -0.25) is 5.21 Å². The van der Waals surface area contributed by atoms with Crippen LogP contribution in [0.4, 0.5) is 4.79 Å². The number of hydrogen-bond donors (Lipinski definition) is 2. The van der Waals surface area contributed by atoms with Crippen LogP contribution in [0.3, 0.4) is 0 Å². The summed E-state index contributed by atoms with van der Waals surface area (Å²) in [4.78, 5) is 12.3. The van der Waals surface area contributed by atoms with E-state index in [0.29, 0.717) is 17.4 Å². The molecule has 3 rings (SSSR count). The topological polar surface area (TPSA) is 66.6 Å². The van der Waals surface area contributed by atoms with Crippen LogP contribution >= 0.6 is 11.3 Å². The monoisotopic (exact) mass is 314 g/mol. The number of urea groups is 1. The summed E-state index contributed by atoms with van der Waals surface area (Å²) >= 11 is 1.77. The van der Waals surface area contributed by atoms with Gasteiger partial charge in [0.05, 0.1) is 6.54 Å². The minimum absolute atomic E-state index is 0.210. The number of nitrogens with zero attached hydrogens (tertiary/aromatic N) is 1. The lowest BCUT2D eigenvalue weighted by Crippen LogP contribution is -2.33. The van der Waals surface area contributed by atoms with Crippen LogP contribution in [0.5, 0.6) is 0 Å². The number of carbonyl (C=O) groups excluding carboxylic acids is 1. The maximum absolute atomic E-state index is 10.9. The predicted molar refractivity (Wildman–Crippen MR) is 87.9 cm³/mol. The van der Waals surface area contributed by atoms with Crippen molar-refractivity contribution in [2.45, 2.75) is 18.8 Å². The molecule has 1 aromatic carbocycles. The Morgan fingerprint density at radius 2 is 2.09 bits per heavy atom. The third-order valence-corrected chi connectivity index (χ3v) is 4.86. The van der Waals surface area contributed by atoms with Gasteiger partial charge in [-0.05, 0) is 41.0 Å². The van der Waals surface area contributed by atoms with Gasteiger partial charge < -0.3 is 5.73 Å². The minimum atomic E-state index is -0.818. The zero-order valence-electron chi connectivity index (χ0n) is 12.1. The smallest absolute Gasteiger partial charge is 0.338 e. The number of primary amides is 1. The van der Waals surface area contributed by atoms with E-state index in [0.717, 1.165) is 12.0 Å². The number of thiophene rings is 1. The number of nitrogens with two attached hydrogens (primary N) is 1. The van der Waals surface area contributed by atoms with Crippen LogP contribution in [-0.4, -0.2) is 22.8 Å². The van der Waals surface area contributed by atoms with E-state index in [1.165, 1.54) is 16.0 Å². The average molecular weight is 314 g/mol. The van der Waals surface area contributed by atoms with E-state index in [9.17, 15) is 10.0 Å². The molecular formula is C17H18N2O2S. The van der Waals surface area contributed by atoms with Crippen LogP contribution < -0.4 is 5.73 Å². The molecule has 1 atom stereocenters. The molecule has 1 aliphatic rings. The van der Waals surface area contributed by atoms with Gasteiger partial charge in [0.25, 0.3) is 0 Å². The molecule has 22 heavy (non-hydrogen) atoms. The van der Waals surface area contributed by atoms with Gasteiger partial charge in [-0.2, -0.15) is 0 Å². The van der Waals surface area contributed by atoms with Crippen molar-refractivity contribution in [3.63, 3.8) is 0 Å². The Kier molecular flexibility index (Phi) is 4.27. The summed E-state index contributed by atoms with van der Waals surface area (Å²) in [5.74, 6) is 0.352. The lowest BCUT2D eigenvalue weighted by atomic mass is 9.96. The largest absolute Gasteiger partial charge is 0.350 e. The minimum Gasteiger partial charge on any atom is -0.350 e. The molecule has 0 bridgehead atoms. The number of allylic oxidation sites excluding steroid dienone is 1. The molecule has 1 heterocycles. The molecule has 4 nitrogen and oxygen atoms in total. The van der Waals surface area contributed by atoms with E-state index in [1.54, 1.807) is 11.3 Å². The Bertz CT molecular complexity index is 694. The van der Waals surface area contributed by atoms with E-state index in [2.05, 4.69) is 41.8 Å². The molecule has 5 heteroatoms. The zero-order chi connectivity index (χ0) is 15.5. The Labute approximate surface area is 133 Å². The maximum atomic E-state index is 10.9. The Morgan fingerprint density at radius 1 is 1.27 bits per heavy atom. The summed E-state index contributed by atoms with van der Waals surface area (Å²) in [6, 6.07) is 11.7. The van der Waals surface area contributed by atoms with Gasteiger partial charge in [0, 0.05) is 10.8 Å². The van der Waals surface area contributed by atoms with Crippen molar-refractivity contribution in [2.75, 3.05) is 6.54 Å². The normalized spacial score (nSPS) is 16.2. The number of hydroxylamine groups is 2. The van der Waals surface area contributed by atoms with Gasteiger partial charge in [0.15, 0.2) is 0 Å². The van der Waals surface area contributed by atoms with E-state index in [-0.39, 0.29) is 6.54 Å². The molecule has 2 aromatic rings. The molecule has 0 saturated carbocycles. The maximum Gasteiger partial charge on any atom is 0.338 e. The van der Waals surface area contributed by atoms with Crippen molar-refractivity contribution in [3.05, 3.63) is 63.9 Å². The van der Waals surface area contributed by atoms with Crippen LogP contribution in [0.1, 0.15) is 28.3 Å². The summed E-state index contributed by atoms with van der Waals surface area (Å²) in [5.41, 5.74) is 8.74. The molecular weight excluding hydrogens is 296 g/mol. The molecule has 0 aliphatic heterocycles.